The van der Waals surface area contributed by atoms with Gasteiger partial charge in [-0.15, -0.1) is 0 Å². The summed E-state index contributed by atoms with van der Waals surface area (Å²) in [5.41, 5.74) is 1.19. The smallest absolute Gasteiger partial charge is 0.411 e. The molecule has 0 radical (unpaired) electrons. The Morgan fingerprint density at radius 1 is 1.28 bits per heavy atom. The summed E-state index contributed by atoms with van der Waals surface area (Å²) in [7, 11) is 0. The first kappa shape index (κ1) is 12.0. The molecule has 0 bridgehead atoms. The van der Waals surface area contributed by atoms with E-state index in [4.69, 9.17) is 4.74 Å². The van der Waals surface area contributed by atoms with Gasteiger partial charge >= 0.3 is 6.09 Å². The number of benzene rings is 1. The SMILES string of the molecule is O=C(Nc1cccc(F)c1)OCc1ccncc1. The number of ether oxygens (including phenoxy) is 1. The summed E-state index contributed by atoms with van der Waals surface area (Å²) in [5.74, 6) is -0.415. The minimum Gasteiger partial charge on any atom is -0.444 e. The normalized spacial score (nSPS) is 9.83. The zero-order valence-electron chi connectivity index (χ0n) is 9.47. The van der Waals surface area contributed by atoms with E-state index in [2.05, 4.69) is 10.3 Å². The Balaban J connectivity index is 1.86. The lowest BCUT2D eigenvalue weighted by molar-refractivity contribution is 0.155. The van der Waals surface area contributed by atoms with Gasteiger partial charge in [-0.25, -0.2) is 9.18 Å². The van der Waals surface area contributed by atoms with Gasteiger partial charge in [-0.05, 0) is 35.9 Å². The van der Waals surface area contributed by atoms with E-state index in [1.165, 1.54) is 18.2 Å². The topological polar surface area (TPSA) is 51.2 Å². The Hall–Kier alpha value is -2.43. The maximum atomic E-state index is 12.9. The average Bonchev–Trinajstić information content (AvgIpc) is 2.38. The molecule has 18 heavy (non-hydrogen) atoms. The average molecular weight is 246 g/mol. The molecule has 1 N–H and O–H groups in total. The monoisotopic (exact) mass is 246 g/mol. The van der Waals surface area contributed by atoms with Crippen molar-refractivity contribution >= 4 is 11.8 Å². The first-order valence-corrected chi connectivity index (χ1v) is 5.32. The molecule has 0 saturated heterocycles. The van der Waals surface area contributed by atoms with Crippen molar-refractivity contribution in [1.29, 1.82) is 0 Å². The molecule has 0 atom stereocenters. The van der Waals surface area contributed by atoms with Gasteiger partial charge in [0, 0.05) is 18.1 Å². The van der Waals surface area contributed by atoms with E-state index in [-0.39, 0.29) is 6.61 Å². The van der Waals surface area contributed by atoms with E-state index in [1.807, 2.05) is 0 Å². The van der Waals surface area contributed by atoms with Gasteiger partial charge in [0.05, 0.1) is 0 Å². The number of amides is 1. The Kier molecular flexibility index (Phi) is 3.86. The zero-order chi connectivity index (χ0) is 12.8. The van der Waals surface area contributed by atoms with E-state index in [9.17, 15) is 9.18 Å². The first-order chi connectivity index (χ1) is 8.74. The third-order valence-electron chi connectivity index (χ3n) is 2.19. The van der Waals surface area contributed by atoms with Crippen LogP contribution in [0.4, 0.5) is 14.9 Å². The van der Waals surface area contributed by atoms with Crippen molar-refractivity contribution in [2.24, 2.45) is 0 Å². The van der Waals surface area contributed by atoms with Crippen molar-refractivity contribution < 1.29 is 13.9 Å². The fourth-order valence-electron chi connectivity index (χ4n) is 1.35. The van der Waals surface area contributed by atoms with Crippen molar-refractivity contribution in [3.8, 4) is 0 Å². The van der Waals surface area contributed by atoms with Crippen LogP contribution < -0.4 is 5.32 Å². The third kappa shape index (κ3) is 3.55. The van der Waals surface area contributed by atoms with Crippen LogP contribution in [0.25, 0.3) is 0 Å². The highest BCUT2D eigenvalue weighted by atomic mass is 19.1. The molecule has 92 valence electrons. The van der Waals surface area contributed by atoms with Crippen LogP contribution in [0, 0.1) is 5.82 Å². The minimum absolute atomic E-state index is 0.143. The van der Waals surface area contributed by atoms with Crippen LogP contribution in [0.15, 0.2) is 48.8 Å². The summed E-state index contributed by atoms with van der Waals surface area (Å²) >= 11 is 0. The lowest BCUT2D eigenvalue weighted by atomic mass is 10.3. The predicted octanol–water partition coefficient (Wildman–Crippen LogP) is 2.97. The fraction of sp³-hybridized carbons (Fsp3) is 0.0769. The second kappa shape index (κ2) is 5.77. The molecule has 0 saturated carbocycles. The molecule has 4 nitrogen and oxygen atoms in total. The number of nitrogens with one attached hydrogen (secondary N) is 1. The summed E-state index contributed by atoms with van der Waals surface area (Å²) in [6.45, 7) is 0.143. The Morgan fingerprint density at radius 3 is 2.78 bits per heavy atom. The second-order valence-corrected chi connectivity index (χ2v) is 3.57. The second-order valence-electron chi connectivity index (χ2n) is 3.57. The quantitative estimate of drug-likeness (QED) is 0.905. The van der Waals surface area contributed by atoms with Gasteiger partial charge in [0.1, 0.15) is 12.4 Å². The van der Waals surface area contributed by atoms with E-state index in [1.54, 1.807) is 30.6 Å². The first-order valence-electron chi connectivity index (χ1n) is 5.32. The molecule has 0 aliphatic carbocycles. The molecule has 2 aromatic rings. The van der Waals surface area contributed by atoms with E-state index < -0.39 is 11.9 Å². The van der Waals surface area contributed by atoms with Gasteiger partial charge in [-0.1, -0.05) is 6.07 Å². The number of hydrogen-bond acceptors (Lipinski definition) is 3. The molecule has 1 aromatic heterocycles. The maximum absolute atomic E-state index is 12.9. The van der Waals surface area contributed by atoms with Gasteiger partial charge in [-0.2, -0.15) is 0 Å². The largest absolute Gasteiger partial charge is 0.444 e. The Morgan fingerprint density at radius 2 is 2.06 bits per heavy atom. The molecule has 1 aromatic carbocycles. The summed E-state index contributed by atoms with van der Waals surface area (Å²) in [5, 5.41) is 2.44. The number of carbonyl (C=O) groups is 1. The third-order valence-corrected chi connectivity index (χ3v) is 2.19. The highest BCUT2D eigenvalue weighted by molar-refractivity contribution is 5.84. The van der Waals surface area contributed by atoms with Crippen LogP contribution in [0.1, 0.15) is 5.56 Å². The van der Waals surface area contributed by atoms with Gasteiger partial charge in [0.2, 0.25) is 0 Å². The fourth-order valence-corrected chi connectivity index (χ4v) is 1.35. The number of aromatic nitrogens is 1. The maximum Gasteiger partial charge on any atom is 0.411 e. The van der Waals surface area contributed by atoms with E-state index in [0.29, 0.717) is 5.69 Å². The number of carbonyl (C=O) groups excluding carboxylic acids is 1. The van der Waals surface area contributed by atoms with Gasteiger partial charge in [0.25, 0.3) is 0 Å². The van der Waals surface area contributed by atoms with Crippen molar-refractivity contribution in [3.05, 3.63) is 60.2 Å². The van der Waals surface area contributed by atoms with E-state index >= 15 is 0 Å². The number of hydrogen-bond donors (Lipinski definition) is 1. The van der Waals surface area contributed by atoms with Crippen LogP contribution in [0.3, 0.4) is 0 Å². The molecular weight excluding hydrogens is 235 g/mol. The molecular formula is C13H11FN2O2. The van der Waals surface area contributed by atoms with Gasteiger partial charge < -0.3 is 4.74 Å². The van der Waals surface area contributed by atoms with Gasteiger partial charge in [0.15, 0.2) is 0 Å². The molecule has 0 fully saturated rings. The molecule has 1 amide bonds. The lowest BCUT2D eigenvalue weighted by Crippen LogP contribution is -2.13. The number of nitrogens with zero attached hydrogens (tertiary/aromatic N) is 1. The number of anilines is 1. The van der Waals surface area contributed by atoms with Gasteiger partial charge in [-0.3, -0.25) is 10.3 Å². The van der Waals surface area contributed by atoms with Crippen LogP contribution in [-0.4, -0.2) is 11.1 Å². The summed E-state index contributed by atoms with van der Waals surface area (Å²) in [6.07, 6.45) is 2.60. The van der Waals surface area contributed by atoms with Crippen molar-refractivity contribution in [2.45, 2.75) is 6.61 Å². The van der Waals surface area contributed by atoms with Crippen LogP contribution >= 0.6 is 0 Å². The zero-order valence-corrected chi connectivity index (χ0v) is 9.47. The summed E-state index contributed by atoms with van der Waals surface area (Å²) in [4.78, 5) is 15.3. The highest BCUT2D eigenvalue weighted by Gasteiger charge is 2.04. The molecule has 0 spiro atoms. The minimum atomic E-state index is -0.627. The molecule has 1 heterocycles. The molecule has 0 aliphatic heterocycles. The standard InChI is InChI=1S/C13H11FN2O2/c14-11-2-1-3-12(8-11)16-13(17)18-9-10-4-6-15-7-5-10/h1-8H,9H2,(H,16,17). The Labute approximate surface area is 103 Å². The highest BCUT2D eigenvalue weighted by Crippen LogP contribution is 2.09. The van der Waals surface area contributed by atoms with Crippen molar-refractivity contribution in [1.82, 2.24) is 4.98 Å². The van der Waals surface area contributed by atoms with Crippen LogP contribution in [0.2, 0.25) is 0 Å². The summed E-state index contributed by atoms with van der Waals surface area (Å²) < 4.78 is 17.8. The van der Waals surface area contributed by atoms with E-state index in [0.717, 1.165) is 5.56 Å². The predicted molar refractivity (Wildman–Crippen MR) is 64.4 cm³/mol. The molecule has 5 heteroatoms. The molecule has 2 rings (SSSR count). The number of pyridine rings is 1. The van der Waals surface area contributed by atoms with Crippen molar-refractivity contribution in [2.75, 3.05) is 5.32 Å². The number of halogens is 1. The number of rotatable bonds is 3. The van der Waals surface area contributed by atoms with Crippen LogP contribution in [-0.2, 0) is 11.3 Å². The van der Waals surface area contributed by atoms with Crippen LogP contribution in [0.5, 0.6) is 0 Å². The molecule has 0 unspecified atom stereocenters. The Bertz CT molecular complexity index is 532. The lowest BCUT2D eigenvalue weighted by Gasteiger charge is -2.06. The van der Waals surface area contributed by atoms with Crippen molar-refractivity contribution in [3.63, 3.8) is 0 Å². The summed E-state index contributed by atoms with van der Waals surface area (Å²) in [6, 6.07) is 9.09. The molecule has 0 aliphatic rings.